The van der Waals surface area contributed by atoms with Gasteiger partial charge in [0.05, 0.1) is 6.10 Å². The molecule has 0 heterocycles. The lowest BCUT2D eigenvalue weighted by atomic mass is 10.2. The molecule has 2 rings (SSSR count). The van der Waals surface area contributed by atoms with Gasteiger partial charge in [-0.1, -0.05) is 102 Å². The summed E-state index contributed by atoms with van der Waals surface area (Å²) in [6.07, 6.45) is 2.14. The zero-order valence-electron chi connectivity index (χ0n) is 20.9. The molecule has 176 valence electrons. The molecule has 0 fully saturated rings. The average Bonchev–Trinajstić information content (AvgIpc) is 2.80. The summed E-state index contributed by atoms with van der Waals surface area (Å²) in [5.74, 6) is 0. The van der Waals surface area contributed by atoms with Crippen molar-refractivity contribution in [1.82, 2.24) is 0 Å². The predicted octanol–water partition coefficient (Wildman–Crippen LogP) is 5.93. The molecule has 32 heavy (non-hydrogen) atoms. The molecule has 2 aromatic rings. The third-order valence-corrected chi connectivity index (χ3v) is 16.6. The Bertz CT molecular complexity index is 751. The highest BCUT2D eigenvalue weighted by Gasteiger charge is 2.50. The molecule has 0 N–H and O–H groups in total. The Morgan fingerprint density at radius 2 is 1.31 bits per heavy atom. The highest BCUT2D eigenvalue weighted by Crippen LogP contribution is 2.37. The van der Waals surface area contributed by atoms with E-state index in [0.29, 0.717) is 13.0 Å². The highest BCUT2D eigenvalue weighted by molar-refractivity contribution is 6.99. The van der Waals surface area contributed by atoms with Crippen molar-refractivity contribution in [3.8, 4) is 0 Å². The molecular weight excluding hydrogens is 428 g/mol. The molecule has 0 aliphatic rings. The maximum absolute atomic E-state index is 11.4. The zero-order chi connectivity index (χ0) is 23.7. The molecule has 2 aromatic carbocycles. The summed E-state index contributed by atoms with van der Waals surface area (Å²) in [7, 11) is -4.34. The normalized spacial score (nSPS) is 13.7. The smallest absolute Gasteiger partial charge is 0.261 e. The van der Waals surface area contributed by atoms with Crippen molar-refractivity contribution in [3.63, 3.8) is 0 Å². The molecule has 0 radical (unpaired) electrons. The minimum absolute atomic E-state index is 0.0501. The molecule has 0 aliphatic carbocycles. The minimum Gasteiger partial charge on any atom is -0.413 e. The van der Waals surface area contributed by atoms with Gasteiger partial charge >= 0.3 is 0 Å². The lowest BCUT2D eigenvalue weighted by molar-refractivity contribution is -0.109. The van der Waals surface area contributed by atoms with Crippen molar-refractivity contribution >= 4 is 33.3 Å². The Morgan fingerprint density at radius 3 is 1.69 bits per heavy atom. The topological polar surface area (TPSA) is 35.5 Å². The second-order valence-electron chi connectivity index (χ2n) is 9.69. The second-order valence-corrected chi connectivity index (χ2v) is 18.7. The van der Waals surface area contributed by atoms with Crippen molar-refractivity contribution in [2.24, 2.45) is 0 Å². The summed E-state index contributed by atoms with van der Waals surface area (Å²) in [6.45, 7) is 14.2. The SMILES string of the molecule is CC[Si](CC)(CC)O[C@@H](CC=O)CCO[Si](c1ccccc1)(c1ccccc1)C(C)(C)C. The molecule has 1 atom stereocenters. The summed E-state index contributed by atoms with van der Waals surface area (Å²) >= 11 is 0. The quantitative estimate of drug-likeness (QED) is 0.269. The monoisotopic (exact) mass is 470 g/mol. The van der Waals surface area contributed by atoms with E-state index in [1.807, 2.05) is 0 Å². The van der Waals surface area contributed by atoms with E-state index in [1.165, 1.54) is 10.4 Å². The molecule has 0 saturated heterocycles. The van der Waals surface area contributed by atoms with Crippen LogP contribution in [0.15, 0.2) is 60.7 Å². The maximum atomic E-state index is 11.4. The highest BCUT2D eigenvalue weighted by atomic mass is 28.4. The van der Waals surface area contributed by atoms with E-state index in [1.54, 1.807) is 0 Å². The molecular formula is C27H42O3Si2. The number of rotatable bonds is 13. The average molecular weight is 471 g/mol. The number of hydrogen-bond donors (Lipinski definition) is 0. The largest absolute Gasteiger partial charge is 0.413 e. The summed E-state index contributed by atoms with van der Waals surface area (Å²) in [6, 6.07) is 24.7. The number of benzene rings is 2. The van der Waals surface area contributed by atoms with Crippen molar-refractivity contribution in [3.05, 3.63) is 60.7 Å². The molecule has 5 heteroatoms. The molecule has 0 amide bonds. The summed E-state index contributed by atoms with van der Waals surface area (Å²) < 4.78 is 13.7. The lowest BCUT2D eigenvalue weighted by Crippen LogP contribution is -2.66. The van der Waals surface area contributed by atoms with Gasteiger partial charge in [-0.25, -0.2) is 0 Å². The van der Waals surface area contributed by atoms with E-state index in [2.05, 4.69) is 102 Å². The van der Waals surface area contributed by atoms with Gasteiger partial charge in [-0.3, -0.25) is 0 Å². The van der Waals surface area contributed by atoms with E-state index >= 15 is 0 Å². The van der Waals surface area contributed by atoms with Crippen LogP contribution in [0, 0.1) is 0 Å². The first-order valence-electron chi connectivity index (χ1n) is 12.1. The first kappa shape index (κ1) is 26.7. The van der Waals surface area contributed by atoms with Gasteiger partial charge in [-0.05, 0) is 40.0 Å². The van der Waals surface area contributed by atoms with Crippen molar-refractivity contribution in [1.29, 1.82) is 0 Å². The summed E-state index contributed by atoms with van der Waals surface area (Å²) in [5.41, 5.74) is 0. The molecule has 0 saturated carbocycles. The molecule has 3 nitrogen and oxygen atoms in total. The fourth-order valence-corrected chi connectivity index (χ4v) is 12.3. The van der Waals surface area contributed by atoms with Crippen LogP contribution in [0.2, 0.25) is 23.2 Å². The Labute approximate surface area is 197 Å². The van der Waals surface area contributed by atoms with Gasteiger partial charge < -0.3 is 13.6 Å². The summed E-state index contributed by atoms with van der Waals surface area (Å²) in [4.78, 5) is 11.4. The molecule has 0 aromatic heterocycles. The van der Waals surface area contributed by atoms with Gasteiger partial charge in [0.15, 0.2) is 8.32 Å². The van der Waals surface area contributed by atoms with Gasteiger partial charge in [0.25, 0.3) is 8.32 Å². The van der Waals surface area contributed by atoms with E-state index < -0.39 is 16.6 Å². The van der Waals surface area contributed by atoms with Crippen molar-refractivity contribution in [2.45, 2.75) is 83.7 Å². The van der Waals surface area contributed by atoms with Gasteiger partial charge in [0.2, 0.25) is 0 Å². The minimum atomic E-state index is -2.56. The number of hydrogen-bond acceptors (Lipinski definition) is 3. The molecule has 0 bridgehead atoms. The van der Waals surface area contributed by atoms with Crippen LogP contribution in [0.1, 0.15) is 54.4 Å². The number of aldehydes is 1. The van der Waals surface area contributed by atoms with Gasteiger partial charge in [0.1, 0.15) is 6.29 Å². The van der Waals surface area contributed by atoms with Crippen LogP contribution in [0.4, 0.5) is 0 Å². The Morgan fingerprint density at radius 1 is 0.844 bits per heavy atom. The van der Waals surface area contributed by atoms with Crippen molar-refractivity contribution < 1.29 is 13.6 Å². The number of carbonyl (C=O) groups excluding carboxylic acids is 1. The predicted molar refractivity (Wildman–Crippen MR) is 141 cm³/mol. The maximum Gasteiger partial charge on any atom is 0.261 e. The second kappa shape index (κ2) is 12.1. The third kappa shape index (κ3) is 6.07. The zero-order valence-corrected chi connectivity index (χ0v) is 22.9. The Kier molecular flexibility index (Phi) is 10.1. The molecule has 0 spiro atoms. The van der Waals surface area contributed by atoms with Crippen molar-refractivity contribution in [2.75, 3.05) is 6.61 Å². The van der Waals surface area contributed by atoms with Crippen LogP contribution in [0.3, 0.4) is 0 Å². The first-order valence-corrected chi connectivity index (χ1v) is 16.6. The fourth-order valence-electron chi connectivity index (χ4n) is 4.79. The molecule has 0 unspecified atom stereocenters. The van der Waals surface area contributed by atoms with E-state index in [9.17, 15) is 4.79 Å². The molecule has 0 aliphatic heterocycles. The van der Waals surface area contributed by atoms with E-state index in [-0.39, 0.29) is 11.1 Å². The van der Waals surface area contributed by atoms with Gasteiger partial charge in [-0.2, -0.15) is 0 Å². The Balaban J connectivity index is 2.35. The summed E-state index contributed by atoms with van der Waals surface area (Å²) in [5, 5.41) is 2.52. The van der Waals surface area contributed by atoms with Gasteiger partial charge in [0, 0.05) is 13.0 Å². The van der Waals surface area contributed by atoms with E-state index in [0.717, 1.165) is 30.8 Å². The Hall–Kier alpha value is -1.54. The van der Waals surface area contributed by atoms with Crippen LogP contribution in [0.5, 0.6) is 0 Å². The van der Waals surface area contributed by atoms with Crippen LogP contribution >= 0.6 is 0 Å². The van der Waals surface area contributed by atoms with Gasteiger partial charge in [-0.15, -0.1) is 0 Å². The number of carbonyl (C=O) groups is 1. The van der Waals surface area contributed by atoms with E-state index in [4.69, 9.17) is 8.85 Å². The lowest BCUT2D eigenvalue weighted by Gasteiger charge is -2.43. The van der Waals surface area contributed by atoms with Crippen LogP contribution < -0.4 is 10.4 Å². The van der Waals surface area contributed by atoms with Crippen LogP contribution in [0.25, 0.3) is 0 Å². The standard InChI is InChI=1S/C27H42O3Si2/c1-7-31(8-2,9-3)30-24(20-22-28)21-23-29-32(27(4,5)6,25-16-12-10-13-17-25)26-18-14-11-15-19-26/h10-19,22,24H,7-9,20-21,23H2,1-6H3/t24-/m0/s1. The third-order valence-electron chi connectivity index (χ3n) is 6.88. The fraction of sp³-hybridized carbons (Fsp3) is 0.519. The first-order chi connectivity index (χ1) is 15.3. The van der Waals surface area contributed by atoms with Crippen LogP contribution in [-0.4, -0.2) is 35.6 Å². The van der Waals surface area contributed by atoms with Crippen LogP contribution in [-0.2, 0) is 13.6 Å².